The highest BCUT2D eigenvalue weighted by Gasteiger charge is 2.20. The molecule has 134 valence electrons. The molecule has 1 saturated heterocycles. The highest BCUT2D eigenvalue weighted by molar-refractivity contribution is 5.76. The number of carbonyl (C=O) groups excluding carboxylic acids is 1. The molecule has 0 radical (unpaired) electrons. The van der Waals surface area contributed by atoms with Crippen LogP contribution in [0.4, 0.5) is 11.8 Å². The first-order chi connectivity index (χ1) is 12.2. The van der Waals surface area contributed by atoms with E-state index in [0.29, 0.717) is 31.3 Å². The van der Waals surface area contributed by atoms with Gasteiger partial charge in [0, 0.05) is 64.2 Å². The molecular weight excluding hydrogens is 318 g/mol. The Balaban J connectivity index is 1.54. The van der Waals surface area contributed by atoms with E-state index in [2.05, 4.69) is 31.3 Å². The Morgan fingerprint density at radius 3 is 2.88 bits per heavy atom. The van der Waals surface area contributed by atoms with Crippen LogP contribution in [0, 0.1) is 0 Å². The minimum atomic E-state index is 0.186. The van der Waals surface area contributed by atoms with E-state index < -0.39 is 0 Å². The van der Waals surface area contributed by atoms with Crippen LogP contribution in [0.5, 0.6) is 0 Å². The summed E-state index contributed by atoms with van der Waals surface area (Å²) in [6.07, 6.45) is 7.67. The maximum Gasteiger partial charge on any atom is 0.227 e. The fraction of sp³-hybridized carbons (Fsp3) is 0.529. The predicted molar refractivity (Wildman–Crippen MR) is 96.1 cm³/mol. The first-order valence-electron chi connectivity index (χ1n) is 8.78. The Hall–Kier alpha value is -2.64. The smallest absolute Gasteiger partial charge is 0.227 e. The van der Waals surface area contributed by atoms with Gasteiger partial charge in [-0.2, -0.15) is 4.98 Å². The van der Waals surface area contributed by atoms with Crippen LogP contribution in [-0.2, 0) is 17.8 Å². The van der Waals surface area contributed by atoms with Crippen molar-refractivity contribution in [1.82, 2.24) is 24.4 Å². The number of nitrogens with zero attached hydrogens (tertiary/aromatic N) is 6. The van der Waals surface area contributed by atoms with Gasteiger partial charge in [-0.05, 0) is 12.5 Å². The number of imidazole rings is 1. The Kier molecular flexibility index (Phi) is 5.47. The molecule has 1 aliphatic heterocycles. The number of amides is 1. The van der Waals surface area contributed by atoms with Crippen LogP contribution in [0.25, 0.3) is 0 Å². The summed E-state index contributed by atoms with van der Waals surface area (Å²) in [6, 6.07) is 1.68. The Morgan fingerprint density at radius 1 is 1.20 bits per heavy atom. The summed E-state index contributed by atoms with van der Waals surface area (Å²) in [6.45, 7) is 5.75. The van der Waals surface area contributed by atoms with Crippen molar-refractivity contribution in [1.29, 1.82) is 0 Å². The molecule has 3 heterocycles. The SMILES string of the molecule is CCc1nccn1CCC(=O)N1CCCN(c2nccc(N)n2)CC1. The largest absolute Gasteiger partial charge is 0.384 e. The fourth-order valence-corrected chi connectivity index (χ4v) is 3.11. The van der Waals surface area contributed by atoms with Gasteiger partial charge in [0.15, 0.2) is 0 Å². The van der Waals surface area contributed by atoms with Crippen molar-refractivity contribution >= 4 is 17.7 Å². The molecule has 0 atom stereocenters. The van der Waals surface area contributed by atoms with Crippen molar-refractivity contribution in [2.45, 2.75) is 32.7 Å². The minimum Gasteiger partial charge on any atom is -0.384 e. The van der Waals surface area contributed by atoms with Gasteiger partial charge in [0.25, 0.3) is 0 Å². The van der Waals surface area contributed by atoms with Crippen LogP contribution in [0.2, 0.25) is 0 Å². The van der Waals surface area contributed by atoms with Gasteiger partial charge in [-0.1, -0.05) is 6.92 Å². The lowest BCUT2D eigenvalue weighted by molar-refractivity contribution is -0.131. The molecule has 3 rings (SSSR count). The Labute approximate surface area is 147 Å². The highest BCUT2D eigenvalue weighted by Crippen LogP contribution is 2.13. The van der Waals surface area contributed by atoms with Crippen LogP contribution in [-0.4, -0.2) is 56.5 Å². The number of hydrogen-bond acceptors (Lipinski definition) is 6. The number of carbonyl (C=O) groups is 1. The van der Waals surface area contributed by atoms with Crippen LogP contribution >= 0.6 is 0 Å². The molecule has 1 amide bonds. The van der Waals surface area contributed by atoms with Crippen molar-refractivity contribution in [3.8, 4) is 0 Å². The van der Waals surface area contributed by atoms with Gasteiger partial charge in [0.1, 0.15) is 11.6 Å². The molecule has 2 N–H and O–H groups in total. The normalized spacial score (nSPS) is 15.2. The molecular formula is C17H25N7O. The summed E-state index contributed by atoms with van der Waals surface area (Å²) in [4.78, 5) is 29.5. The molecule has 1 fully saturated rings. The zero-order valence-corrected chi connectivity index (χ0v) is 14.6. The van der Waals surface area contributed by atoms with Crippen LogP contribution in [0.3, 0.4) is 0 Å². The first-order valence-corrected chi connectivity index (χ1v) is 8.78. The van der Waals surface area contributed by atoms with Crippen LogP contribution in [0.15, 0.2) is 24.7 Å². The van der Waals surface area contributed by atoms with E-state index in [9.17, 15) is 4.79 Å². The molecule has 2 aromatic rings. The van der Waals surface area contributed by atoms with Crippen LogP contribution < -0.4 is 10.6 Å². The number of aromatic nitrogens is 4. The average Bonchev–Trinajstić information content (AvgIpc) is 2.93. The molecule has 2 aromatic heterocycles. The lowest BCUT2D eigenvalue weighted by atomic mass is 10.3. The fourth-order valence-electron chi connectivity index (χ4n) is 3.11. The van der Waals surface area contributed by atoms with Gasteiger partial charge in [0.2, 0.25) is 11.9 Å². The molecule has 0 unspecified atom stereocenters. The minimum absolute atomic E-state index is 0.186. The summed E-state index contributed by atoms with van der Waals surface area (Å²) >= 11 is 0. The highest BCUT2D eigenvalue weighted by atomic mass is 16.2. The monoisotopic (exact) mass is 343 g/mol. The second kappa shape index (κ2) is 7.96. The van der Waals surface area contributed by atoms with Gasteiger partial charge in [-0.25, -0.2) is 9.97 Å². The Bertz CT molecular complexity index is 715. The molecule has 8 nitrogen and oxygen atoms in total. The zero-order valence-electron chi connectivity index (χ0n) is 14.6. The van der Waals surface area contributed by atoms with E-state index in [-0.39, 0.29) is 5.91 Å². The standard InChI is InChI=1S/C17H25N7O/c1-2-15-19-7-11-22(15)10-5-16(25)23-8-3-9-24(13-12-23)17-20-6-4-14(18)21-17/h4,6-7,11H,2-3,5,8-10,12-13H2,1H3,(H2,18,20,21). The van der Waals surface area contributed by atoms with Crippen LogP contribution in [0.1, 0.15) is 25.6 Å². The van der Waals surface area contributed by atoms with Gasteiger partial charge in [-0.3, -0.25) is 4.79 Å². The predicted octanol–water partition coefficient (Wildman–Crippen LogP) is 0.947. The summed E-state index contributed by atoms with van der Waals surface area (Å²) < 4.78 is 2.06. The zero-order chi connectivity index (χ0) is 17.6. The van der Waals surface area contributed by atoms with E-state index in [1.54, 1.807) is 18.5 Å². The van der Waals surface area contributed by atoms with Gasteiger partial charge >= 0.3 is 0 Å². The van der Waals surface area contributed by atoms with E-state index in [4.69, 9.17) is 5.73 Å². The van der Waals surface area contributed by atoms with Crippen molar-refractivity contribution in [3.63, 3.8) is 0 Å². The van der Waals surface area contributed by atoms with Gasteiger partial charge in [0.05, 0.1) is 0 Å². The molecule has 0 aliphatic carbocycles. The number of rotatable bonds is 5. The third-order valence-electron chi connectivity index (χ3n) is 4.48. The second-order valence-electron chi connectivity index (χ2n) is 6.14. The lowest BCUT2D eigenvalue weighted by Gasteiger charge is -2.22. The maximum atomic E-state index is 12.6. The number of anilines is 2. The number of aryl methyl sites for hydroxylation is 2. The lowest BCUT2D eigenvalue weighted by Crippen LogP contribution is -2.36. The van der Waals surface area contributed by atoms with Crippen molar-refractivity contribution in [2.24, 2.45) is 0 Å². The average molecular weight is 343 g/mol. The topological polar surface area (TPSA) is 93.2 Å². The third kappa shape index (κ3) is 4.26. The van der Waals surface area contributed by atoms with Gasteiger partial charge < -0.3 is 20.1 Å². The quantitative estimate of drug-likeness (QED) is 0.869. The summed E-state index contributed by atoms with van der Waals surface area (Å²) in [7, 11) is 0. The molecule has 0 saturated carbocycles. The molecule has 8 heteroatoms. The second-order valence-corrected chi connectivity index (χ2v) is 6.14. The summed E-state index contributed by atoms with van der Waals surface area (Å²) in [5.41, 5.74) is 5.74. The summed E-state index contributed by atoms with van der Waals surface area (Å²) in [5, 5.41) is 0. The number of hydrogen-bond donors (Lipinski definition) is 1. The number of nitrogen functional groups attached to an aromatic ring is 1. The van der Waals surface area contributed by atoms with Crippen molar-refractivity contribution < 1.29 is 4.79 Å². The van der Waals surface area contributed by atoms with E-state index >= 15 is 0 Å². The molecule has 0 bridgehead atoms. The van der Waals surface area contributed by atoms with E-state index in [1.807, 2.05) is 11.1 Å². The maximum absolute atomic E-state index is 12.6. The van der Waals surface area contributed by atoms with E-state index in [1.165, 1.54) is 0 Å². The number of nitrogens with two attached hydrogens (primary N) is 1. The third-order valence-corrected chi connectivity index (χ3v) is 4.48. The van der Waals surface area contributed by atoms with Crippen molar-refractivity contribution in [3.05, 3.63) is 30.5 Å². The molecule has 0 spiro atoms. The molecule has 1 aliphatic rings. The Morgan fingerprint density at radius 2 is 2.08 bits per heavy atom. The molecule has 25 heavy (non-hydrogen) atoms. The van der Waals surface area contributed by atoms with E-state index in [0.717, 1.165) is 38.3 Å². The van der Waals surface area contributed by atoms with Gasteiger partial charge in [-0.15, -0.1) is 0 Å². The van der Waals surface area contributed by atoms with Crippen molar-refractivity contribution in [2.75, 3.05) is 36.8 Å². The first kappa shape index (κ1) is 17.2. The summed E-state index contributed by atoms with van der Waals surface area (Å²) in [5.74, 6) is 2.31. The molecule has 0 aromatic carbocycles.